The molecule has 1 aliphatic heterocycles. The van der Waals surface area contributed by atoms with Gasteiger partial charge in [-0.25, -0.2) is 4.39 Å². The highest BCUT2D eigenvalue weighted by atomic mass is 35.5. The number of aromatic nitrogens is 1. The van der Waals surface area contributed by atoms with Crippen molar-refractivity contribution >= 4 is 28.2 Å². The molecule has 23 heavy (non-hydrogen) atoms. The number of hydrogen-bond donors (Lipinski definition) is 1. The molecule has 1 N–H and O–H groups in total. The van der Waals surface area contributed by atoms with Gasteiger partial charge in [0.15, 0.2) is 5.82 Å². The molecule has 1 fully saturated rings. The maximum Gasteiger partial charge on any atom is 0.172 e. The highest BCUT2D eigenvalue weighted by Crippen LogP contribution is 2.27. The van der Waals surface area contributed by atoms with Crippen LogP contribution in [0.1, 0.15) is 6.92 Å². The molecule has 0 saturated carbocycles. The molecule has 0 amide bonds. The number of pyridine rings is 1. The van der Waals surface area contributed by atoms with Crippen LogP contribution in [0, 0.1) is 5.82 Å². The first-order valence-electron chi connectivity index (χ1n) is 7.95. The Morgan fingerprint density at radius 1 is 1.26 bits per heavy atom. The van der Waals surface area contributed by atoms with Crippen molar-refractivity contribution in [2.75, 3.05) is 45.1 Å². The molecule has 0 bridgehead atoms. The average Bonchev–Trinajstić information content (AvgIpc) is 2.55. The Labute approximate surface area is 141 Å². The van der Waals surface area contributed by atoms with Crippen LogP contribution in [0.2, 0.25) is 5.02 Å². The topological polar surface area (TPSA) is 31.4 Å². The van der Waals surface area contributed by atoms with E-state index in [1.165, 1.54) is 6.20 Å². The van der Waals surface area contributed by atoms with E-state index < -0.39 is 0 Å². The fraction of sp³-hybridized carbons (Fsp3) is 0.471. The third-order valence-electron chi connectivity index (χ3n) is 4.55. The predicted octanol–water partition coefficient (Wildman–Crippen LogP) is 3.08. The maximum absolute atomic E-state index is 14.6. The quantitative estimate of drug-likeness (QED) is 0.929. The zero-order valence-electron chi connectivity index (χ0n) is 13.5. The second kappa shape index (κ2) is 6.99. The lowest BCUT2D eigenvalue weighted by Crippen LogP contribution is -2.49. The summed E-state index contributed by atoms with van der Waals surface area (Å²) >= 11 is 6.08. The number of anilines is 1. The molecule has 4 nitrogen and oxygen atoms in total. The van der Waals surface area contributed by atoms with Gasteiger partial charge >= 0.3 is 0 Å². The molecule has 6 heteroatoms. The van der Waals surface area contributed by atoms with E-state index in [2.05, 4.69) is 34.1 Å². The lowest BCUT2D eigenvalue weighted by Gasteiger charge is -2.36. The molecule has 1 aromatic heterocycles. The third kappa shape index (κ3) is 3.57. The maximum atomic E-state index is 14.6. The summed E-state index contributed by atoms with van der Waals surface area (Å²) in [7, 11) is 2.14. The Morgan fingerprint density at radius 2 is 2.00 bits per heavy atom. The van der Waals surface area contributed by atoms with Crippen LogP contribution in [-0.2, 0) is 0 Å². The summed E-state index contributed by atoms with van der Waals surface area (Å²) in [6.45, 7) is 7.14. The van der Waals surface area contributed by atoms with E-state index in [1.807, 2.05) is 6.07 Å². The molecule has 0 spiro atoms. The molecule has 0 radical (unpaired) electrons. The summed E-state index contributed by atoms with van der Waals surface area (Å²) in [5, 5.41) is 4.38. The zero-order chi connectivity index (χ0) is 16.4. The zero-order valence-corrected chi connectivity index (χ0v) is 14.3. The summed E-state index contributed by atoms with van der Waals surface area (Å²) in [4.78, 5) is 8.87. The highest BCUT2D eigenvalue weighted by Gasteiger charge is 2.19. The number of rotatable bonds is 4. The molecular formula is C17H22ClFN4. The van der Waals surface area contributed by atoms with Crippen molar-refractivity contribution < 1.29 is 4.39 Å². The van der Waals surface area contributed by atoms with Gasteiger partial charge in [-0.3, -0.25) is 9.88 Å². The van der Waals surface area contributed by atoms with Gasteiger partial charge in [0.25, 0.3) is 0 Å². The van der Waals surface area contributed by atoms with E-state index in [0.717, 1.165) is 26.2 Å². The summed E-state index contributed by atoms with van der Waals surface area (Å²) in [6, 6.07) is 5.58. The molecule has 1 aliphatic rings. The molecule has 1 atom stereocenters. The third-order valence-corrected chi connectivity index (χ3v) is 4.88. The van der Waals surface area contributed by atoms with E-state index >= 15 is 0 Å². The summed E-state index contributed by atoms with van der Waals surface area (Å²) in [5.74, 6) is -0.337. The van der Waals surface area contributed by atoms with Crippen LogP contribution >= 0.6 is 11.6 Å². The predicted molar refractivity (Wildman–Crippen MR) is 93.7 cm³/mol. The standard InChI is InChI=1S/C17H22ClFN4/c1-12(23-9-7-22(2)8-10-23)11-21-15-4-3-13-14(18)5-6-20-17(13)16(15)19/h3-6,12,21H,7-11H2,1-2H3/t12-/m0/s1. The smallest absolute Gasteiger partial charge is 0.172 e. The second-order valence-electron chi connectivity index (χ2n) is 6.19. The molecule has 2 aromatic rings. The van der Waals surface area contributed by atoms with Crippen LogP contribution in [0.25, 0.3) is 10.9 Å². The van der Waals surface area contributed by atoms with Gasteiger partial charge in [-0.05, 0) is 32.2 Å². The number of hydrogen-bond acceptors (Lipinski definition) is 4. The van der Waals surface area contributed by atoms with Crippen LogP contribution in [0.3, 0.4) is 0 Å². The number of nitrogens with zero attached hydrogens (tertiary/aromatic N) is 3. The Hall–Kier alpha value is -1.43. The molecule has 0 aliphatic carbocycles. The largest absolute Gasteiger partial charge is 0.381 e. The average molecular weight is 337 g/mol. The van der Waals surface area contributed by atoms with Gasteiger partial charge in [-0.2, -0.15) is 0 Å². The van der Waals surface area contributed by atoms with Gasteiger partial charge in [-0.15, -0.1) is 0 Å². The van der Waals surface area contributed by atoms with E-state index in [4.69, 9.17) is 11.6 Å². The van der Waals surface area contributed by atoms with Crippen LogP contribution in [0.4, 0.5) is 10.1 Å². The number of benzene rings is 1. The number of halogens is 2. The van der Waals surface area contributed by atoms with Crippen LogP contribution in [0.5, 0.6) is 0 Å². The Balaban J connectivity index is 1.68. The number of nitrogens with one attached hydrogen (secondary N) is 1. The van der Waals surface area contributed by atoms with Crippen LogP contribution in [0.15, 0.2) is 24.4 Å². The summed E-state index contributed by atoms with van der Waals surface area (Å²) < 4.78 is 14.6. The van der Waals surface area contributed by atoms with Gasteiger partial charge < -0.3 is 10.2 Å². The van der Waals surface area contributed by atoms with Crippen LogP contribution < -0.4 is 5.32 Å². The van der Waals surface area contributed by atoms with Crippen molar-refractivity contribution in [1.82, 2.24) is 14.8 Å². The van der Waals surface area contributed by atoms with Crippen molar-refractivity contribution in [2.45, 2.75) is 13.0 Å². The first-order valence-corrected chi connectivity index (χ1v) is 8.33. The van der Waals surface area contributed by atoms with Gasteiger partial charge in [0.2, 0.25) is 0 Å². The first kappa shape index (κ1) is 16.4. The van der Waals surface area contributed by atoms with Gasteiger partial charge in [-0.1, -0.05) is 11.6 Å². The van der Waals surface area contributed by atoms with Crippen LogP contribution in [-0.4, -0.2) is 60.6 Å². The number of piperazine rings is 1. The van der Waals surface area contributed by atoms with Crippen molar-refractivity contribution in [2.24, 2.45) is 0 Å². The molecule has 1 saturated heterocycles. The lowest BCUT2D eigenvalue weighted by atomic mass is 10.1. The van der Waals surface area contributed by atoms with E-state index in [1.54, 1.807) is 12.1 Å². The first-order chi connectivity index (χ1) is 11.1. The minimum absolute atomic E-state index is 0.315. The summed E-state index contributed by atoms with van der Waals surface area (Å²) in [6.07, 6.45) is 1.53. The minimum Gasteiger partial charge on any atom is -0.381 e. The molecule has 124 valence electrons. The van der Waals surface area contributed by atoms with Crippen molar-refractivity contribution in [3.05, 3.63) is 35.2 Å². The number of fused-ring (bicyclic) bond motifs is 1. The second-order valence-corrected chi connectivity index (χ2v) is 6.59. The minimum atomic E-state index is -0.337. The SMILES string of the molecule is C[C@@H](CNc1ccc2c(Cl)ccnc2c1F)N1CCN(C)CC1. The van der Waals surface area contributed by atoms with Gasteiger partial charge in [0.1, 0.15) is 5.52 Å². The Morgan fingerprint density at radius 3 is 2.74 bits per heavy atom. The van der Waals surface area contributed by atoms with Gasteiger partial charge in [0, 0.05) is 50.3 Å². The van der Waals surface area contributed by atoms with Gasteiger partial charge in [0.05, 0.1) is 10.7 Å². The lowest BCUT2D eigenvalue weighted by molar-refractivity contribution is 0.123. The monoisotopic (exact) mass is 336 g/mol. The summed E-state index contributed by atoms with van der Waals surface area (Å²) in [5.41, 5.74) is 0.794. The highest BCUT2D eigenvalue weighted by molar-refractivity contribution is 6.35. The fourth-order valence-corrected chi connectivity index (χ4v) is 3.15. The molecular weight excluding hydrogens is 315 g/mol. The normalized spacial score (nSPS) is 18.3. The molecule has 2 heterocycles. The molecule has 0 unspecified atom stereocenters. The van der Waals surface area contributed by atoms with Crippen molar-refractivity contribution in [3.63, 3.8) is 0 Å². The van der Waals surface area contributed by atoms with Crippen molar-refractivity contribution in [3.8, 4) is 0 Å². The number of likely N-dealkylation sites (N-methyl/N-ethyl adjacent to an activating group) is 1. The van der Waals surface area contributed by atoms with E-state index in [9.17, 15) is 4.39 Å². The fourth-order valence-electron chi connectivity index (χ4n) is 2.94. The van der Waals surface area contributed by atoms with E-state index in [0.29, 0.717) is 34.2 Å². The van der Waals surface area contributed by atoms with E-state index in [-0.39, 0.29) is 5.82 Å². The van der Waals surface area contributed by atoms with Crippen molar-refractivity contribution in [1.29, 1.82) is 0 Å². The Kier molecular flexibility index (Phi) is 4.99. The molecule has 1 aromatic carbocycles. The Bertz CT molecular complexity index is 686. The molecule has 3 rings (SSSR count).